The van der Waals surface area contributed by atoms with E-state index in [9.17, 15) is 0 Å². The summed E-state index contributed by atoms with van der Waals surface area (Å²) < 4.78 is 0. The second kappa shape index (κ2) is 18.4. The van der Waals surface area contributed by atoms with Gasteiger partial charge in [0, 0.05) is 6.04 Å². The molecule has 186 valence electrons. The highest BCUT2D eigenvalue weighted by molar-refractivity contribution is 4.95. The first kappa shape index (κ1) is 29.0. The van der Waals surface area contributed by atoms with Crippen molar-refractivity contribution in [2.45, 2.75) is 175 Å². The molecule has 1 nitrogen and oxygen atoms in total. The van der Waals surface area contributed by atoms with E-state index >= 15 is 0 Å². The van der Waals surface area contributed by atoms with Crippen molar-refractivity contribution in [2.24, 2.45) is 23.0 Å². The molecule has 0 aromatic rings. The van der Waals surface area contributed by atoms with Crippen LogP contribution in [0.3, 0.4) is 0 Å². The van der Waals surface area contributed by atoms with E-state index in [-0.39, 0.29) is 0 Å². The Kier molecular flexibility index (Phi) is 17.2. The molecule has 2 N–H and O–H groups in total. The molecule has 0 aromatic heterocycles. The van der Waals surface area contributed by atoms with Crippen LogP contribution in [-0.2, 0) is 0 Å². The molecule has 0 saturated heterocycles. The van der Waals surface area contributed by atoms with Crippen LogP contribution in [0.25, 0.3) is 0 Å². The number of nitrogens with two attached hydrogens (primary N) is 1. The van der Waals surface area contributed by atoms with Gasteiger partial charge in [-0.2, -0.15) is 0 Å². The molecule has 1 aliphatic carbocycles. The Morgan fingerprint density at radius 2 is 1.10 bits per heavy atom. The van der Waals surface area contributed by atoms with Crippen molar-refractivity contribution in [2.75, 3.05) is 0 Å². The molecule has 0 aromatic carbocycles. The lowest BCUT2D eigenvalue weighted by Gasteiger charge is -2.25. The van der Waals surface area contributed by atoms with Crippen molar-refractivity contribution >= 4 is 0 Å². The first-order chi connectivity index (χ1) is 15.0. The standard InChI is InChI=1S/C30H61N/c1-5-7-9-11-12-15-19-23-28(31)24-20-16-13-17-21-25-30(3,4)29-26-27(29)22-18-14-10-8-6-2/h27-29H,5-26,31H2,1-4H3/t27-,28?,29+/m0/s1. The summed E-state index contributed by atoms with van der Waals surface area (Å²) in [4.78, 5) is 0. The van der Waals surface area contributed by atoms with E-state index in [1.165, 1.54) is 141 Å². The maximum Gasteiger partial charge on any atom is 0.00388 e. The lowest BCUT2D eigenvalue weighted by atomic mass is 9.80. The fraction of sp³-hybridized carbons (Fsp3) is 1.00. The molecule has 1 heteroatoms. The highest BCUT2D eigenvalue weighted by Gasteiger charge is 2.46. The Morgan fingerprint density at radius 1 is 0.645 bits per heavy atom. The monoisotopic (exact) mass is 435 g/mol. The molecule has 0 heterocycles. The van der Waals surface area contributed by atoms with Gasteiger partial charge in [0.25, 0.3) is 0 Å². The van der Waals surface area contributed by atoms with Crippen LogP contribution < -0.4 is 5.73 Å². The Bertz CT molecular complexity index is 388. The Hall–Kier alpha value is -0.0400. The van der Waals surface area contributed by atoms with E-state index in [2.05, 4.69) is 27.7 Å². The third-order valence-electron chi connectivity index (χ3n) is 8.18. The van der Waals surface area contributed by atoms with E-state index in [4.69, 9.17) is 5.73 Å². The molecule has 0 bridgehead atoms. The van der Waals surface area contributed by atoms with Crippen molar-refractivity contribution in [3.63, 3.8) is 0 Å². The summed E-state index contributed by atoms with van der Waals surface area (Å²) in [5, 5.41) is 0. The van der Waals surface area contributed by atoms with Crippen LogP contribution in [0.2, 0.25) is 0 Å². The fourth-order valence-corrected chi connectivity index (χ4v) is 5.74. The molecule has 0 aliphatic heterocycles. The molecule has 0 spiro atoms. The lowest BCUT2D eigenvalue weighted by Crippen LogP contribution is -2.19. The number of hydrogen-bond donors (Lipinski definition) is 1. The van der Waals surface area contributed by atoms with Gasteiger partial charge in [-0.15, -0.1) is 0 Å². The zero-order valence-electron chi connectivity index (χ0n) is 22.4. The number of unbranched alkanes of at least 4 members (excludes halogenated alkanes) is 14. The van der Waals surface area contributed by atoms with E-state index in [0.29, 0.717) is 11.5 Å². The maximum absolute atomic E-state index is 6.35. The van der Waals surface area contributed by atoms with Crippen LogP contribution in [0.4, 0.5) is 0 Å². The van der Waals surface area contributed by atoms with Crippen LogP contribution in [0.5, 0.6) is 0 Å². The fourth-order valence-electron chi connectivity index (χ4n) is 5.74. The SMILES string of the molecule is CCCCCCCCCC(N)CCCCCCCC(C)(C)[C@@H]1C[C@@H]1CCCCCCC. The summed E-state index contributed by atoms with van der Waals surface area (Å²) in [7, 11) is 0. The third-order valence-corrected chi connectivity index (χ3v) is 8.18. The van der Waals surface area contributed by atoms with Gasteiger partial charge < -0.3 is 5.73 Å². The van der Waals surface area contributed by atoms with Gasteiger partial charge in [0.1, 0.15) is 0 Å². The van der Waals surface area contributed by atoms with Crippen molar-refractivity contribution in [3.8, 4) is 0 Å². The Morgan fingerprint density at radius 3 is 1.65 bits per heavy atom. The molecular formula is C30H61N. The van der Waals surface area contributed by atoms with Gasteiger partial charge in [0.05, 0.1) is 0 Å². The average molecular weight is 436 g/mol. The van der Waals surface area contributed by atoms with Gasteiger partial charge in [-0.25, -0.2) is 0 Å². The first-order valence-corrected chi connectivity index (χ1v) is 14.8. The predicted octanol–water partition coefficient (Wildman–Crippen LogP) is 10.2. The van der Waals surface area contributed by atoms with Gasteiger partial charge in [-0.05, 0) is 42.9 Å². The zero-order valence-corrected chi connectivity index (χ0v) is 22.4. The molecule has 1 aliphatic rings. The summed E-state index contributed by atoms with van der Waals surface area (Å²) >= 11 is 0. The van der Waals surface area contributed by atoms with Gasteiger partial charge in [-0.1, -0.05) is 143 Å². The highest BCUT2D eigenvalue weighted by atomic mass is 14.6. The molecule has 1 rings (SSSR count). The van der Waals surface area contributed by atoms with Crippen molar-refractivity contribution in [1.29, 1.82) is 0 Å². The second-order valence-corrected chi connectivity index (χ2v) is 11.8. The predicted molar refractivity (Wildman–Crippen MR) is 142 cm³/mol. The summed E-state index contributed by atoms with van der Waals surface area (Å²) in [6, 6.07) is 0.461. The van der Waals surface area contributed by atoms with Crippen LogP contribution >= 0.6 is 0 Å². The Labute approximate surface area is 198 Å². The molecule has 31 heavy (non-hydrogen) atoms. The van der Waals surface area contributed by atoms with E-state index in [1.54, 1.807) is 0 Å². The molecule has 1 unspecified atom stereocenters. The normalized spacial score (nSPS) is 19.6. The molecule has 0 radical (unpaired) electrons. The van der Waals surface area contributed by atoms with Gasteiger partial charge in [0.2, 0.25) is 0 Å². The molecule has 1 saturated carbocycles. The van der Waals surface area contributed by atoms with Crippen LogP contribution in [0.1, 0.15) is 169 Å². The molecule has 0 amide bonds. The highest BCUT2D eigenvalue weighted by Crippen LogP contribution is 2.55. The molecule has 1 fully saturated rings. The summed E-state index contributed by atoms with van der Waals surface area (Å²) in [6.07, 6.45) is 31.0. The smallest absolute Gasteiger partial charge is 0.00388 e. The van der Waals surface area contributed by atoms with Crippen molar-refractivity contribution < 1.29 is 0 Å². The van der Waals surface area contributed by atoms with Crippen LogP contribution in [-0.4, -0.2) is 6.04 Å². The summed E-state index contributed by atoms with van der Waals surface area (Å²) in [5.74, 6) is 2.10. The lowest BCUT2D eigenvalue weighted by molar-refractivity contribution is 0.253. The van der Waals surface area contributed by atoms with Crippen LogP contribution in [0.15, 0.2) is 0 Å². The minimum atomic E-state index is 0.461. The van der Waals surface area contributed by atoms with E-state index < -0.39 is 0 Å². The van der Waals surface area contributed by atoms with Gasteiger partial charge >= 0.3 is 0 Å². The number of rotatable bonds is 23. The number of hydrogen-bond acceptors (Lipinski definition) is 1. The van der Waals surface area contributed by atoms with Crippen molar-refractivity contribution in [3.05, 3.63) is 0 Å². The summed E-state index contributed by atoms with van der Waals surface area (Å²) in [5.41, 5.74) is 6.94. The van der Waals surface area contributed by atoms with Crippen molar-refractivity contribution in [1.82, 2.24) is 0 Å². The molecule has 3 atom stereocenters. The molecular weight excluding hydrogens is 374 g/mol. The minimum Gasteiger partial charge on any atom is -0.328 e. The van der Waals surface area contributed by atoms with E-state index in [1.807, 2.05) is 0 Å². The minimum absolute atomic E-state index is 0.461. The average Bonchev–Trinajstić information content (AvgIpc) is 3.53. The quantitative estimate of drug-likeness (QED) is 0.159. The largest absolute Gasteiger partial charge is 0.328 e. The van der Waals surface area contributed by atoms with Crippen LogP contribution in [0, 0.1) is 17.3 Å². The zero-order chi connectivity index (χ0) is 22.8. The summed E-state index contributed by atoms with van der Waals surface area (Å²) in [6.45, 7) is 9.71. The first-order valence-electron chi connectivity index (χ1n) is 14.8. The maximum atomic E-state index is 6.35. The third kappa shape index (κ3) is 15.4. The Balaban J connectivity index is 1.90. The van der Waals surface area contributed by atoms with E-state index in [0.717, 1.165) is 11.8 Å². The van der Waals surface area contributed by atoms with Gasteiger partial charge in [0.15, 0.2) is 0 Å². The topological polar surface area (TPSA) is 26.0 Å². The van der Waals surface area contributed by atoms with Gasteiger partial charge in [-0.3, -0.25) is 0 Å². The second-order valence-electron chi connectivity index (χ2n) is 11.8.